The predicted molar refractivity (Wildman–Crippen MR) is 92.2 cm³/mol. The van der Waals surface area contributed by atoms with Crippen molar-refractivity contribution in [2.45, 2.75) is 20.4 Å². The Hall–Kier alpha value is -2.62. The number of ether oxygens (including phenoxy) is 1. The number of carbonyl (C=O) groups excluding carboxylic acids is 1. The molecule has 2 rings (SSSR count). The van der Waals surface area contributed by atoms with E-state index in [-0.39, 0.29) is 30.2 Å². The first-order chi connectivity index (χ1) is 12.0. The Morgan fingerprint density at radius 1 is 1.52 bits per heavy atom. The Morgan fingerprint density at radius 3 is 2.92 bits per heavy atom. The molecule has 134 valence electrons. The van der Waals surface area contributed by atoms with E-state index >= 15 is 0 Å². The molecule has 0 radical (unpaired) electrons. The van der Waals surface area contributed by atoms with Gasteiger partial charge in [0.05, 0.1) is 31.2 Å². The maximum absolute atomic E-state index is 13.9. The molecule has 0 bridgehead atoms. The van der Waals surface area contributed by atoms with Crippen LogP contribution in [0.1, 0.15) is 25.0 Å². The number of hydrogen-bond donors (Lipinski definition) is 1. The number of guanidine groups is 1. The highest BCUT2D eigenvalue weighted by atomic mass is 19.1. The Balaban J connectivity index is 2.17. The molecule has 1 aromatic carbocycles. The second-order valence-electron chi connectivity index (χ2n) is 6.10. The molecular weight excluding hydrogens is 323 g/mol. The normalized spacial score (nSPS) is 20.3. The smallest absolute Gasteiger partial charge is 0.310 e. The van der Waals surface area contributed by atoms with Gasteiger partial charge in [0, 0.05) is 25.2 Å². The third-order valence-corrected chi connectivity index (χ3v) is 4.32. The maximum Gasteiger partial charge on any atom is 0.310 e. The molecule has 1 aliphatic heterocycles. The largest absolute Gasteiger partial charge is 0.469 e. The van der Waals surface area contributed by atoms with E-state index in [2.05, 4.69) is 10.3 Å². The van der Waals surface area contributed by atoms with E-state index in [4.69, 9.17) is 10.00 Å². The number of hydrogen-bond acceptors (Lipinski definition) is 4. The van der Waals surface area contributed by atoms with Crippen LogP contribution >= 0.6 is 0 Å². The number of carbonyl (C=O) groups is 1. The summed E-state index contributed by atoms with van der Waals surface area (Å²) in [5, 5.41) is 12.1. The fraction of sp³-hybridized carbons (Fsp3) is 0.500. The van der Waals surface area contributed by atoms with Gasteiger partial charge < -0.3 is 15.0 Å². The lowest BCUT2D eigenvalue weighted by Crippen LogP contribution is -2.40. The number of likely N-dealkylation sites (tertiary alicyclic amines) is 1. The third kappa shape index (κ3) is 4.47. The molecule has 7 heteroatoms. The van der Waals surface area contributed by atoms with Crippen molar-refractivity contribution in [1.82, 2.24) is 10.2 Å². The van der Waals surface area contributed by atoms with Crippen LogP contribution in [-0.2, 0) is 16.1 Å². The second kappa shape index (κ2) is 8.47. The summed E-state index contributed by atoms with van der Waals surface area (Å²) in [5.74, 6) is -0.0376. The number of halogens is 1. The fourth-order valence-electron chi connectivity index (χ4n) is 2.95. The number of esters is 1. The molecule has 1 aromatic rings. The quantitative estimate of drug-likeness (QED) is 0.512. The number of benzene rings is 1. The molecule has 6 nitrogen and oxygen atoms in total. The van der Waals surface area contributed by atoms with Crippen molar-refractivity contribution in [3.63, 3.8) is 0 Å². The maximum atomic E-state index is 13.9. The Bertz CT molecular complexity index is 699. The molecule has 0 amide bonds. The van der Waals surface area contributed by atoms with Gasteiger partial charge in [-0.15, -0.1) is 0 Å². The summed E-state index contributed by atoms with van der Waals surface area (Å²) >= 11 is 0. The summed E-state index contributed by atoms with van der Waals surface area (Å²) in [4.78, 5) is 18.3. The van der Waals surface area contributed by atoms with Crippen molar-refractivity contribution >= 4 is 11.9 Å². The minimum Gasteiger partial charge on any atom is -0.469 e. The topological polar surface area (TPSA) is 77.7 Å². The van der Waals surface area contributed by atoms with E-state index in [0.29, 0.717) is 36.7 Å². The van der Waals surface area contributed by atoms with Gasteiger partial charge in [-0.3, -0.25) is 4.79 Å². The Morgan fingerprint density at radius 2 is 2.28 bits per heavy atom. The SMILES string of the molecule is CCNC(=NCc1cc(C#N)ccc1F)N1CC(C)C(C(=O)OC)C1. The summed E-state index contributed by atoms with van der Waals surface area (Å²) in [7, 11) is 1.39. The zero-order valence-corrected chi connectivity index (χ0v) is 14.8. The number of nitrogens with zero attached hydrogens (tertiary/aromatic N) is 3. The second-order valence-corrected chi connectivity index (χ2v) is 6.10. The highest BCUT2D eigenvalue weighted by molar-refractivity contribution is 5.82. The average molecular weight is 346 g/mol. The summed E-state index contributed by atoms with van der Waals surface area (Å²) in [5.41, 5.74) is 0.767. The van der Waals surface area contributed by atoms with Gasteiger partial charge >= 0.3 is 5.97 Å². The average Bonchev–Trinajstić information content (AvgIpc) is 3.00. The minimum absolute atomic E-state index is 0.122. The molecule has 2 atom stereocenters. The lowest BCUT2D eigenvalue weighted by atomic mass is 9.99. The van der Waals surface area contributed by atoms with Crippen LogP contribution in [0, 0.1) is 29.0 Å². The van der Waals surface area contributed by atoms with E-state index < -0.39 is 0 Å². The van der Waals surface area contributed by atoms with Crippen molar-refractivity contribution in [3.8, 4) is 6.07 Å². The molecular formula is C18H23FN4O2. The molecule has 2 unspecified atom stereocenters. The molecule has 25 heavy (non-hydrogen) atoms. The van der Waals surface area contributed by atoms with Crippen LogP contribution in [0.5, 0.6) is 0 Å². The van der Waals surface area contributed by atoms with Gasteiger partial charge in [-0.25, -0.2) is 9.38 Å². The van der Waals surface area contributed by atoms with Crippen LogP contribution in [-0.4, -0.2) is 43.6 Å². The number of methoxy groups -OCH3 is 1. The molecule has 0 aliphatic carbocycles. The zero-order chi connectivity index (χ0) is 18.4. The first-order valence-electron chi connectivity index (χ1n) is 8.29. The Labute approximate surface area is 147 Å². The summed E-state index contributed by atoms with van der Waals surface area (Å²) in [6.07, 6.45) is 0. The highest BCUT2D eigenvalue weighted by Gasteiger charge is 2.36. The van der Waals surface area contributed by atoms with Crippen LogP contribution in [0.3, 0.4) is 0 Å². The van der Waals surface area contributed by atoms with Crippen molar-refractivity contribution in [2.24, 2.45) is 16.8 Å². The Kier molecular flexibility index (Phi) is 6.34. The fourth-order valence-corrected chi connectivity index (χ4v) is 2.95. The summed E-state index contributed by atoms with van der Waals surface area (Å²) < 4.78 is 18.8. The molecule has 1 N–H and O–H groups in total. The van der Waals surface area contributed by atoms with Gasteiger partial charge in [0.1, 0.15) is 5.82 Å². The van der Waals surface area contributed by atoms with Crippen LogP contribution < -0.4 is 5.32 Å². The monoisotopic (exact) mass is 346 g/mol. The van der Waals surface area contributed by atoms with Gasteiger partial charge in [0.25, 0.3) is 0 Å². The lowest BCUT2D eigenvalue weighted by Gasteiger charge is -2.21. The highest BCUT2D eigenvalue weighted by Crippen LogP contribution is 2.24. The van der Waals surface area contributed by atoms with Crippen LogP contribution in [0.25, 0.3) is 0 Å². The molecule has 1 heterocycles. The number of nitriles is 1. The van der Waals surface area contributed by atoms with Crippen molar-refractivity contribution < 1.29 is 13.9 Å². The van der Waals surface area contributed by atoms with Crippen molar-refractivity contribution in [3.05, 3.63) is 35.1 Å². The van der Waals surface area contributed by atoms with Gasteiger partial charge in [0.2, 0.25) is 0 Å². The van der Waals surface area contributed by atoms with Crippen LogP contribution in [0.15, 0.2) is 23.2 Å². The van der Waals surface area contributed by atoms with Gasteiger partial charge in [-0.05, 0) is 31.0 Å². The van der Waals surface area contributed by atoms with E-state index in [9.17, 15) is 9.18 Å². The summed E-state index contributed by atoms with van der Waals surface area (Å²) in [6.45, 7) is 5.92. The van der Waals surface area contributed by atoms with Gasteiger partial charge in [-0.1, -0.05) is 6.92 Å². The first-order valence-corrected chi connectivity index (χ1v) is 8.29. The van der Waals surface area contributed by atoms with Gasteiger partial charge in [-0.2, -0.15) is 5.26 Å². The lowest BCUT2D eigenvalue weighted by molar-refractivity contribution is -0.145. The predicted octanol–water partition coefficient (Wildman–Crippen LogP) is 1.90. The number of nitrogens with one attached hydrogen (secondary N) is 1. The van der Waals surface area contributed by atoms with E-state index in [0.717, 1.165) is 0 Å². The van der Waals surface area contributed by atoms with Crippen LogP contribution in [0.2, 0.25) is 0 Å². The molecule has 0 aromatic heterocycles. The standard InChI is InChI=1S/C18H23FN4O2/c1-4-21-18(23-10-12(2)15(11-23)17(24)25-3)22-9-14-7-13(8-20)5-6-16(14)19/h5-7,12,15H,4,9-11H2,1-3H3,(H,21,22). The van der Waals surface area contributed by atoms with E-state index in [1.54, 1.807) is 0 Å². The minimum atomic E-state index is -0.388. The first kappa shape index (κ1) is 18.7. The van der Waals surface area contributed by atoms with Crippen molar-refractivity contribution in [1.29, 1.82) is 5.26 Å². The zero-order valence-electron chi connectivity index (χ0n) is 14.8. The van der Waals surface area contributed by atoms with Crippen molar-refractivity contribution in [2.75, 3.05) is 26.7 Å². The molecule has 0 spiro atoms. The molecule has 0 saturated carbocycles. The molecule has 1 aliphatic rings. The summed E-state index contributed by atoms with van der Waals surface area (Å²) in [6, 6.07) is 6.23. The molecule has 1 fully saturated rings. The van der Waals surface area contributed by atoms with Crippen LogP contribution in [0.4, 0.5) is 4.39 Å². The molecule has 1 saturated heterocycles. The number of aliphatic imine (C=N–C) groups is 1. The van der Waals surface area contributed by atoms with E-state index in [1.165, 1.54) is 25.3 Å². The number of rotatable bonds is 4. The van der Waals surface area contributed by atoms with E-state index in [1.807, 2.05) is 24.8 Å². The van der Waals surface area contributed by atoms with Gasteiger partial charge in [0.15, 0.2) is 5.96 Å². The third-order valence-electron chi connectivity index (χ3n) is 4.32.